The zero-order chi connectivity index (χ0) is 63.4. The maximum atomic E-state index is 13.1. The van der Waals surface area contributed by atoms with Crippen LogP contribution in [0.5, 0.6) is 0 Å². The van der Waals surface area contributed by atoms with E-state index in [0.717, 1.165) is 77.0 Å². The van der Waals surface area contributed by atoms with Gasteiger partial charge in [-0.15, -0.1) is 0 Å². The molecule has 3 unspecified atom stereocenters. The van der Waals surface area contributed by atoms with E-state index in [1.54, 1.807) is 6.08 Å². The Morgan fingerprint density at radius 1 is 0.402 bits per heavy atom. The molecule has 3 atom stereocenters. The first kappa shape index (κ1) is 84.7. The molecule has 0 bridgehead atoms. The molecule has 0 spiro atoms. The van der Waals surface area contributed by atoms with E-state index in [1.807, 2.05) is 27.2 Å². The van der Waals surface area contributed by atoms with E-state index in [-0.39, 0.29) is 19.1 Å². The molecule has 87 heavy (non-hydrogen) atoms. The summed E-state index contributed by atoms with van der Waals surface area (Å²) >= 11 is 0. The fourth-order valence-electron chi connectivity index (χ4n) is 11.1. The number of phosphoric acid groups is 1. The fourth-order valence-corrected chi connectivity index (χ4v) is 11.8. The van der Waals surface area contributed by atoms with Gasteiger partial charge in [0.15, 0.2) is 0 Å². The molecule has 0 heterocycles. The first-order chi connectivity index (χ1) is 42.5. The largest absolute Gasteiger partial charge is 0.472 e. The van der Waals surface area contributed by atoms with Gasteiger partial charge in [0.2, 0.25) is 5.91 Å². The van der Waals surface area contributed by atoms with Crippen molar-refractivity contribution in [3.8, 4) is 0 Å². The van der Waals surface area contributed by atoms with Crippen LogP contribution in [0.3, 0.4) is 0 Å². The van der Waals surface area contributed by atoms with Gasteiger partial charge in [0.1, 0.15) is 13.2 Å². The van der Waals surface area contributed by atoms with Gasteiger partial charge in [0.05, 0.1) is 39.9 Å². The van der Waals surface area contributed by atoms with Crippen molar-refractivity contribution in [3.63, 3.8) is 0 Å². The van der Waals surface area contributed by atoms with E-state index in [1.165, 1.54) is 257 Å². The molecular formula is C78H146N2O6P+. The number of likely N-dealkylation sites (N-methyl/N-ethyl adjacent to an activating group) is 1. The van der Waals surface area contributed by atoms with Gasteiger partial charge in [-0.2, -0.15) is 0 Å². The van der Waals surface area contributed by atoms with Crippen molar-refractivity contribution in [2.75, 3.05) is 40.9 Å². The van der Waals surface area contributed by atoms with Gasteiger partial charge in [0, 0.05) is 6.42 Å². The van der Waals surface area contributed by atoms with Gasteiger partial charge in [0.25, 0.3) is 0 Å². The molecule has 8 nitrogen and oxygen atoms in total. The minimum absolute atomic E-state index is 0.0610. The molecule has 1 amide bonds. The highest BCUT2D eigenvalue weighted by Crippen LogP contribution is 2.43. The van der Waals surface area contributed by atoms with Crippen molar-refractivity contribution in [1.82, 2.24) is 5.32 Å². The van der Waals surface area contributed by atoms with Gasteiger partial charge in [-0.3, -0.25) is 13.8 Å². The number of phosphoric ester groups is 1. The first-order valence-corrected chi connectivity index (χ1v) is 39.0. The number of aliphatic hydroxyl groups excluding tert-OH is 1. The van der Waals surface area contributed by atoms with E-state index in [0.29, 0.717) is 17.4 Å². The van der Waals surface area contributed by atoms with Crippen LogP contribution in [0.1, 0.15) is 354 Å². The number of allylic oxidation sites excluding steroid dienone is 13. The molecule has 0 aromatic carbocycles. The number of rotatable bonds is 69. The van der Waals surface area contributed by atoms with Crippen LogP contribution in [0.15, 0.2) is 85.1 Å². The third kappa shape index (κ3) is 71.0. The third-order valence-electron chi connectivity index (χ3n) is 16.9. The summed E-state index contributed by atoms with van der Waals surface area (Å²) in [6.45, 7) is 4.75. The Labute approximate surface area is 541 Å². The number of nitrogens with one attached hydrogen (secondary N) is 1. The fraction of sp³-hybridized carbons (Fsp3) is 0.808. The van der Waals surface area contributed by atoms with E-state index >= 15 is 0 Å². The predicted molar refractivity (Wildman–Crippen MR) is 383 cm³/mol. The van der Waals surface area contributed by atoms with E-state index in [9.17, 15) is 19.4 Å². The average Bonchev–Trinajstić information content (AvgIpc) is 3.70. The highest BCUT2D eigenvalue weighted by atomic mass is 31.2. The van der Waals surface area contributed by atoms with Crippen molar-refractivity contribution >= 4 is 13.7 Å². The van der Waals surface area contributed by atoms with Crippen molar-refractivity contribution in [2.24, 2.45) is 0 Å². The summed E-state index contributed by atoms with van der Waals surface area (Å²) < 4.78 is 23.9. The van der Waals surface area contributed by atoms with Crippen LogP contribution in [-0.4, -0.2) is 73.4 Å². The second-order valence-electron chi connectivity index (χ2n) is 26.6. The average molecular weight is 1240 g/mol. The molecule has 0 aliphatic carbocycles. The molecule has 0 rings (SSSR count). The number of hydrogen-bond donors (Lipinski definition) is 3. The number of nitrogens with zero attached hydrogens (tertiary/aromatic N) is 1. The number of amides is 1. The molecule has 9 heteroatoms. The summed E-state index contributed by atoms with van der Waals surface area (Å²) in [7, 11) is 1.58. The molecule has 0 aromatic heterocycles. The highest BCUT2D eigenvalue weighted by molar-refractivity contribution is 7.47. The maximum absolute atomic E-state index is 13.1. The van der Waals surface area contributed by atoms with Gasteiger partial charge in [-0.05, 0) is 70.6 Å². The minimum Gasteiger partial charge on any atom is -0.387 e. The van der Waals surface area contributed by atoms with E-state index in [4.69, 9.17) is 9.05 Å². The lowest BCUT2D eigenvalue weighted by atomic mass is 10.0. The predicted octanol–water partition coefficient (Wildman–Crippen LogP) is 24.3. The molecule has 0 saturated carbocycles. The normalized spacial score (nSPS) is 14.1. The van der Waals surface area contributed by atoms with Crippen molar-refractivity contribution < 1.29 is 32.9 Å². The lowest BCUT2D eigenvalue weighted by molar-refractivity contribution is -0.870. The number of carbonyl (C=O) groups excluding carboxylic acids is 1. The topological polar surface area (TPSA) is 105 Å². The Morgan fingerprint density at radius 3 is 1.01 bits per heavy atom. The van der Waals surface area contributed by atoms with Crippen molar-refractivity contribution in [1.29, 1.82) is 0 Å². The smallest absolute Gasteiger partial charge is 0.387 e. The quantitative estimate of drug-likeness (QED) is 0.0243. The Bertz CT molecular complexity index is 1700. The summed E-state index contributed by atoms with van der Waals surface area (Å²) in [5, 5.41) is 14.0. The number of unbranched alkanes of at least 4 members (excludes halogenated alkanes) is 44. The van der Waals surface area contributed by atoms with E-state index < -0.39 is 20.0 Å². The number of carbonyl (C=O) groups is 1. The first-order valence-electron chi connectivity index (χ1n) is 37.5. The zero-order valence-electron chi connectivity index (χ0n) is 58.3. The Morgan fingerprint density at radius 2 is 0.690 bits per heavy atom. The lowest BCUT2D eigenvalue weighted by Crippen LogP contribution is -2.45. The Kier molecular flexibility index (Phi) is 66.2. The van der Waals surface area contributed by atoms with E-state index in [2.05, 4.69) is 92.1 Å². The Balaban J connectivity index is 4.01. The summed E-state index contributed by atoms with van der Waals surface area (Å²) in [4.78, 5) is 23.5. The van der Waals surface area contributed by atoms with Crippen LogP contribution < -0.4 is 5.32 Å². The molecule has 508 valence electrons. The third-order valence-corrected chi connectivity index (χ3v) is 17.9. The summed E-state index contributed by atoms with van der Waals surface area (Å²) in [6, 6.07) is -0.851. The van der Waals surface area contributed by atoms with Crippen LogP contribution >= 0.6 is 7.82 Å². The Hall–Kier alpha value is -2.32. The second kappa shape index (κ2) is 68.1. The maximum Gasteiger partial charge on any atom is 0.472 e. The standard InChI is InChI=1S/C78H145N2O6P/c1-6-8-10-12-14-16-18-20-22-24-26-28-30-32-34-36-37-38-39-40-41-42-43-44-46-48-50-52-54-56-58-60-62-64-66-68-70-72-78(82)79-76(75-86-87(83,84)85-74-73-80(3,4)5)77(81)71-69-67-65-63-61-59-57-55-53-51-49-47-45-35-33-31-29-27-25-23-21-19-17-15-13-11-9-7-2/h8,10,14,16,20,22,26,28,32,34,37-38,69,71,76-77,81H,6-7,9,11-13,15,17-19,21,23-25,27,29-31,33,35-36,39-68,70,72-75H2,1-5H3,(H-,79,82,83,84)/p+1/b10-8-,16-14-,22-20-,28-26-,34-32-,38-37-,71-69+. The van der Waals surface area contributed by atoms with Crippen LogP contribution in [0, 0.1) is 0 Å². The molecule has 0 aromatic rings. The molecule has 0 fully saturated rings. The lowest BCUT2D eigenvalue weighted by Gasteiger charge is -2.25. The summed E-state index contributed by atoms with van der Waals surface area (Å²) in [6.07, 6.45) is 97.5. The second-order valence-corrected chi connectivity index (χ2v) is 28.1. The van der Waals surface area contributed by atoms with Gasteiger partial charge in [-0.1, -0.05) is 362 Å². The molecule has 0 aliphatic rings. The monoisotopic (exact) mass is 1240 g/mol. The van der Waals surface area contributed by atoms with Gasteiger partial charge >= 0.3 is 7.82 Å². The number of quaternary nitrogens is 1. The van der Waals surface area contributed by atoms with Crippen LogP contribution in [0.4, 0.5) is 0 Å². The van der Waals surface area contributed by atoms with Crippen molar-refractivity contribution in [2.45, 2.75) is 366 Å². The summed E-state index contributed by atoms with van der Waals surface area (Å²) in [5.74, 6) is -0.173. The number of aliphatic hydroxyl groups is 1. The molecule has 3 N–H and O–H groups in total. The molecule has 0 aliphatic heterocycles. The van der Waals surface area contributed by atoms with Crippen LogP contribution in [0.25, 0.3) is 0 Å². The van der Waals surface area contributed by atoms with Crippen LogP contribution in [0.2, 0.25) is 0 Å². The van der Waals surface area contributed by atoms with Crippen molar-refractivity contribution in [3.05, 3.63) is 85.1 Å². The minimum atomic E-state index is -4.36. The molecule has 0 saturated heterocycles. The number of hydrogen-bond acceptors (Lipinski definition) is 5. The molecular weight excluding hydrogens is 1090 g/mol. The zero-order valence-corrected chi connectivity index (χ0v) is 59.2. The van der Waals surface area contributed by atoms with Crippen LogP contribution in [-0.2, 0) is 18.4 Å². The summed E-state index contributed by atoms with van der Waals surface area (Å²) in [5.41, 5.74) is 0. The van der Waals surface area contributed by atoms with Gasteiger partial charge < -0.3 is 19.8 Å². The van der Waals surface area contributed by atoms with Gasteiger partial charge in [-0.25, -0.2) is 4.57 Å². The molecule has 0 radical (unpaired) electrons. The SMILES string of the molecule is CC/C=C\C/C=C\C/C=C\C/C=C\C/C=C\C/C=C\CCCCCCCCCCCCCCCCCCCCC(=O)NC(COP(=O)(O)OCC[N+](C)(C)C)C(O)/C=C/CCCCCCCCCCCCCCCCCCCCCCCCCCCC. The highest BCUT2D eigenvalue weighted by Gasteiger charge is 2.28.